The Morgan fingerprint density at radius 2 is 1.44 bits per heavy atom. The first kappa shape index (κ1) is 12.7. The number of benzene rings is 1. The second-order valence-electron chi connectivity index (χ2n) is 5.91. The Kier molecular flexibility index (Phi) is 3.20. The van der Waals surface area contributed by atoms with E-state index in [0.29, 0.717) is 0 Å². The van der Waals surface area contributed by atoms with Gasteiger partial charge in [-0.1, -0.05) is 38.0 Å². The van der Waals surface area contributed by atoms with Crippen LogP contribution in [0.25, 0.3) is 11.3 Å². The number of nitrogens with zero attached hydrogens (tertiary/aromatic N) is 2. The topological polar surface area (TPSA) is 25.8 Å². The second kappa shape index (κ2) is 4.52. The summed E-state index contributed by atoms with van der Waals surface area (Å²) in [6.07, 6.45) is 1.66. The summed E-state index contributed by atoms with van der Waals surface area (Å²) >= 11 is 0. The van der Waals surface area contributed by atoms with E-state index in [9.17, 15) is 0 Å². The summed E-state index contributed by atoms with van der Waals surface area (Å²) in [6.45, 7) is 10.7. The lowest BCUT2D eigenvalue weighted by Crippen LogP contribution is -2.13. The van der Waals surface area contributed by atoms with Gasteiger partial charge in [-0.3, -0.25) is 0 Å². The lowest BCUT2D eigenvalue weighted by atomic mass is 9.91. The average molecular weight is 240 g/mol. The molecule has 0 N–H and O–H groups in total. The molecule has 0 atom stereocenters. The lowest BCUT2D eigenvalue weighted by Gasteiger charge is -2.18. The monoisotopic (exact) mass is 240 g/mol. The van der Waals surface area contributed by atoms with Gasteiger partial charge in [0.1, 0.15) is 6.33 Å². The van der Waals surface area contributed by atoms with Crippen molar-refractivity contribution in [2.24, 2.45) is 0 Å². The third kappa shape index (κ3) is 2.76. The van der Waals surface area contributed by atoms with Crippen LogP contribution in [-0.4, -0.2) is 9.97 Å². The van der Waals surface area contributed by atoms with Crippen molar-refractivity contribution in [1.29, 1.82) is 0 Å². The van der Waals surface area contributed by atoms with E-state index in [1.165, 1.54) is 16.7 Å². The van der Waals surface area contributed by atoms with E-state index in [2.05, 4.69) is 68.9 Å². The molecular formula is C16H20N2. The standard InChI is InChI=1S/C16H20N2/c1-11-6-12(2)8-13(7-11)14-9-15(16(3,4)5)18-10-17-14/h6-10H,1-5H3. The number of aromatic nitrogens is 2. The fraction of sp³-hybridized carbons (Fsp3) is 0.375. The summed E-state index contributed by atoms with van der Waals surface area (Å²) in [5.74, 6) is 0. The largest absolute Gasteiger partial charge is 0.241 e. The Balaban J connectivity index is 2.51. The smallest absolute Gasteiger partial charge is 0.116 e. The van der Waals surface area contributed by atoms with Crippen LogP contribution in [0.3, 0.4) is 0 Å². The summed E-state index contributed by atoms with van der Waals surface area (Å²) in [5, 5.41) is 0. The first-order valence-electron chi connectivity index (χ1n) is 6.27. The molecule has 1 aromatic heterocycles. The molecule has 0 fully saturated rings. The van der Waals surface area contributed by atoms with Crippen LogP contribution in [0.15, 0.2) is 30.6 Å². The first-order chi connectivity index (χ1) is 8.36. The van der Waals surface area contributed by atoms with Gasteiger partial charge in [-0.05, 0) is 32.0 Å². The molecule has 2 aromatic rings. The van der Waals surface area contributed by atoms with Crippen LogP contribution in [-0.2, 0) is 5.41 Å². The Morgan fingerprint density at radius 3 is 2.00 bits per heavy atom. The van der Waals surface area contributed by atoms with Crippen LogP contribution >= 0.6 is 0 Å². The van der Waals surface area contributed by atoms with Crippen molar-refractivity contribution in [2.75, 3.05) is 0 Å². The number of hydrogen-bond acceptors (Lipinski definition) is 2. The van der Waals surface area contributed by atoms with Crippen molar-refractivity contribution >= 4 is 0 Å². The molecule has 0 aliphatic heterocycles. The molecule has 0 saturated carbocycles. The van der Waals surface area contributed by atoms with E-state index in [4.69, 9.17) is 0 Å². The summed E-state index contributed by atoms with van der Waals surface area (Å²) in [4.78, 5) is 8.76. The molecule has 1 heterocycles. The molecule has 2 nitrogen and oxygen atoms in total. The molecule has 1 aromatic carbocycles. The van der Waals surface area contributed by atoms with Crippen molar-refractivity contribution in [3.8, 4) is 11.3 Å². The predicted molar refractivity (Wildman–Crippen MR) is 75.6 cm³/mol. The minimum Gasteiger partial charge on any atom is -0.241 e. The molecule has 94 valence electrons. The Hall–Kier alpha value is -1.70. The molecular weight excluding hydrogens is 220 g/mol. The zero-order valence-electron chi connectivity index (χ0n) is 11.8. The van der Waals surface area contributed by atoms with Crippen molar-refractivity contribution < 1.29 is 0 Å². The molecule has 2 rings (SSSR count). The SMILES string of the molecule is Cc1cc(C)cc(-c2cc(C(C)(C)C)ncn2)c1. The average Bonchev–Trinajstić information content (AvgIpc) is 2.27. The number of hydrogen-bond donors (Lipinski definition) is 0. The minimum absolute atomic E-state index is 0.0521. The fourth-order valence-corrected chi connectivity index (χ4v) is 2.05. The minimum atomic E-state index is 0.0521. The maximum atomic E-state index is 4.39. The maximum absolute atomic E-state index is 4.39. The quantitative estimate of drug-likeness (QED) is 0.751. The molecule has 0 aliphatic carbocycles. The van der Waals surface area contributed by atoms with Crippen LogP contribution in [0.1, 0.15) is 37.6 Å². The van der Waals surface area contributed by atoms with E-state index in [-0.39, 0.29) is 5.41 Å². The van der Waals surface area contributed by atoms with Gasteiger partial charge in [-0.15, -0.1) is 0 Å². The van der Waals surface area contributed by atoms with E-state index in [0.717, 1.165) is 11.4 Å². The van der Waals surface area contributed by atoms with Crippen LogP contribution in [0, 0.1) is 13.8 Å². The number of aryl methyl sites for hydroxylation is 2. The molecule has 2 heteroatoms. The van der Waals surface area contributed by atoms with Crippen LogP contribution in [0.5, 0.6) is 0 Å². The van der Waals surface area contributed by atoms with Gasteiger partial charge in [0.05, 0.1) is 5.69 Å². The van der Waals surface area contributed by atoms with E-state index in [1.807, 2.05) is 0 Å². The Labute approximate surface area is 109 Å². The van der Waals surface area contributed by atoms with Gasteiger partial charge < -0.3 is 0 Å². The van der Waals surface area contributed by atoms with Gasteiger partial charge in [-0.2, -0.15) is 0 Å². The van der Waals surface area contributed by atoms with Crippen molar-refractivity contribution in [2.45, 2.75) is 40.0 Å². The molecule has 0 unspecified atom stereocenters. The third-order valence-electron chi connectivity index (χ3n) is 2.95. The summed E-state index contributed by atoms with van der Waals surface area (Å²) in [6, 6.07) is 8.60. The van der Waals surface area contributed by atoms with E-state index >= 15 is 0 Å². The fourth-order valence-electron chi connectivity index (χ4n) is 2.05. The van der Waals surface area contributed by atoms with E-state index in [1.54, 1.807) is 6.33 Å². The van der Waals surface area contributed by atoms with Gasteiger partial charge in [0.2, 0.25) is 0 Å². The van der Waals surface area contributed by atoms with Crippen LogP contribution in [0.2, 0.25) is 0 Å². The van der Waals surface area contributed by atoms with Crippen LogP contribution in [0.4, 0.5) is 0 Å². The maximum Gasteiger partial charge on any atom is 0.116 e. The highest BCUT2D eigenvalue weighted by Crippen LogP contribution is 2.25. The highest BCUT2D eigenvalue weighted by molar-refractivity contribution is 5.61. The second-order valence-corrected chi connectivity index (χ2v) is 5.91. The summed E-state index contributed by atoms with van der Waals surface area (Å²) in [5.41, 5.74) is 5.83. The zero-order valence-corrected chi connectivity index (χ0v) is 11.8. The normalized spacial score (nSPS) is 11.6. The zero-order chi connectivity index (χ0) is 13.3. The van der Waals surface area contributed by atoms with E-state index < -0.39 is 0 Å². The van der Waals surface area contributed by atoms with Crippen molar-refractivity contribution in [3.05, 3.63) is 47.4 Å². The van der Waals surface area contributed by atoms with Gasteiger partial charge in [-0.25, -0.2) is 9.97 Å². The molecule has 0 saturated heterocycles. The van der Waals surface area contributed by atoms with Gasteiger partial charge in [0.15, 0.2) is 0 Å². The van der Waals surface area contributed by atoms with Gasteiger partial charge in [0.25, 0.3) is 0 Å². The summed E-state index contributed by atoms with van der Waals surface area (Å²) in [7, 11) is 0. The lowest BCUT2D eigenvalue weighted by molar-refractivity contribution is 0.567. The molecule has 0 radical (unpaired) electrons. The van der Waals surface area contributed by atoms with Crippen molar-refractivity contribution in [3.63, 3.8) is 0 Å². The third-order valence-corrected chi connectivity index (χ3v) is 2.95. The Morgan fingerprint density at radius 1 is 0.833 bits per heavy atom. The predicted octanol–water partition coefficient (Wildman–Crippen LogP) is 4.06. The van der Waals surface area contributed by atoms with Gasteiger partial charge in [0, 0.05) is 16.7 Å². The van der Waals surface area contributed by atoms with Crippen LogP contribution < -0.4 is 0 Å². The highest BCUT2D eigenvalue weighted by Gasteiger charge is 2.16. The molecule has 18 heavy (non-hydrogen) atoms. The molecule has 0 bridgehead atoms. The Bertz CT molecular complexity index is 545. The summed E-state index contributed by atoms with van der Waals surface area (Å²) < 4.78 is 0. The van der Waals surface area contributed by atoms with Crippen molar-refractivity contribution in [1.82, 2.24) is 9.97 Å². The van der Waals surface area contributed by atoms with Gasteiger partial charge >= 0.3 is 0 Å². The molecule has 0 spiro atoms. The number of rotatable bonds is 1. The first-order valence-corrected chi connectivity index (χ1v) is 6.27. The molecule has 0 aliphatic rings. The molecule has 0 amide bonds. The highest BCUT2D eigenvalue weighted by atomic mass is 14.8.